The van der Waals surface area contributed by atoms with E-state index in [1.807, 2.05) is 35.1 Å². The van der Waals surface area contributed by atoms with Crippen LogP contribution in [0.25, 0.3) is 0 Å². The maximum Gasteiger partial charge on any atom is 0.159 e. The van der Waals surface area contributed by atoms with E-state index in [2.05, 4.69) is 25.0 Å². The van der Waals surface area contributed by atoms with Crippen LogP contribution in [-0.4, -0.2) is 15.6 Å². The lowest BCUT2D eigenvalue weighted by molar-refractivity contribution is 0.101. The van der Waals surface area contributed by atoms with Crippen molar-refractivity contribution in [2.24, 2.45) is 0 Å². The molecule has 0 amide bonds. The first-order valence-electron chi connectivity index (χ1n) is 6.34. The van der Waals surface area contributed by atoms with Crippen LogP contribution in [0.1, 0.15) is 42.9 Å². The lowest BCUT2D eigenvalue weighted by Crippen LogP contribution is -2.01. The number of ketones is 1. The van der Waals surface area contributed by atoms with E-state index in [-0.39, 0.29) is 5.78 Å². The smallest absolute Gasteiger partial charge is 0.159 e. The van der Waals surface area contributed by atoms with Gasteiger partial charge in [0.05, 0.1) is 5.69 Å². The van der Waals surface area contributed by atoms with Gasteiger partial charge in [-0.05, 0) is 39.0 Å². The lowest BCUT2D eigenvalue weighted by Gasteiger charge is -2.04. The van der Waals surface area contributed by atoms with Gasteiger partial charge in [0.15, 0.2) is 5.78 Å². The number of carbonyl (C=O) groups excluding carboxylic acids is 1. The fraction of sp³-hybridized carbons (Fsp3) is 0.333. The first kappa shape index (κ1) is 13.9. The van der Waals surface area contributed by atoms with Gasteiger partial charge in [0, 0.05) is 28.5 Å². The van der Waals surface area contributed by atoms with E-state index in [4.69, 9.17) is 0 Å². The highest BCUT2D eigenvalue weighted by Crippen LogP contribution is 2.22. The Morgan fingerprint density at radius 3 is 2.47 bits per heavy atom. The van der Waals surface area contributed by atoms with Gasteiger partial charge >= 0.3 is 0 Å². The highest BCUT2D eigenvalue weighted by atomic mass is 32.2. The number of hydrogen-bond acceptors (Lipinski definition) is 3. The van der Waals surface area contributed by atoms with E-state index in [1.165, 1.54) is 0 Å². The standard InChI is InChI=1S/C15H18N2OS/c1-11(2)17-9-8-14(16-17)10-19-15-6-4-13(5-7-15)12(3)18/h4-9,11H,10H2,1-3H3. The van der Waals surface area contributed by atoms with Crippen molar-refractivity contribution in [3.05, 3.63) is 47.8 Å². The molecule has 0 aliphatic heterocycles. The van der Waals surface area contributed by atoms with Crippen molar-refractivity contribution < 1.29 is 4.79 Å². The van der Waals surface area contributed by atoms with Gasteiger partial charge in [0.1, 0.15) is 0 Å². The third-order valence-electron chi connectivity index (χ3n) is 2.84. The molecule has 2 rings (SSSR count). The molecule has 0 bridgehead atoms. The number of thioether (sulfide) groups is 1. The Morgan fingerprint density at radius 2 is 1.95 bits per heavy atom. The molecule has 0 aliphatic rings. The molecule has 0 saturated heterocycles. The maximum atomic E-state index is 11.2. The summed E-state index contributed by atoms with van der Waals surface area (Å²) in [4.78, 5) is 12.3. The predicted molar refractivity (Wildman–Crippen MR) is 78.6 cm³/mol. The Hall–Kier alpha value is -1.55. The summed E-state index contributed by atoms with van der Waals surface area (Å²) in [5.74, 6) is 0.950. The van der Waals surface area contributed by atoms with Gasteiger partial charge < -0.3 is 0 Å². The van der Waals surface area contributed by atoms with Gasteiger partial charge in [0.25, 0.3) is 0 Å². The zero-order valence-electron chi connectivity index (χ0n) is 11.5. The monoisotopic (exact) mass is 274 g/mol. The van der Waals surface area contributed by atoms with Gasteiger partial charge in [-0.15, -0.1) is 11.8 Å². The third-order valence-corrected chi connectivity index (χ3v) is 3.89. The van der Waals surface area contributed by atoms with Crippen molar-refractivity contribution in [2.45, 2.75) is 37.5 Å². The van der Waals surface area contributed by atoms with E-state index in [0.717, 1.165) is 21.9 Å². The van der Waals surface area contributed by atoms with Gasteiger partial charge in [-0.3, -0.25) is 9.48 Å². The molecular formula is C15H18N2OS. The molecule has 3 nitrogen and oxygen atoms in total. The zero-order valence-corrected chi connectivity index (χ0v) is 12.3. The van der Waals surface area contributed by atoms with Crippen molar-refractivity contribution in [2.75, 3.05) is 0 Å². The minimum Gasteiger partial charge on any atom is -0.295 e. The molecule has 0 unspecified atom stereocenters. The van der Waals surface area contributed by atoms with Gasteiger partial charge in [-0.1, -0.05) is 12.1 Å². The van der Waals surface area contributed by atoms with Crippen LogP contribution in [-0.2, 0) is 5.75 Å². The quantitative estimate of drug-likeness (QED) is 0.611. The van der Waals surface area contributed by atoms with E-state index < -0.39 is 0 Å². The summed E-state index contributed by atoms with van der Waals surface area (Å²) in [5.41, 5.74) is 1.84. The van der Waals surface area contributed by atoms with E-state index in [9.17, 15) is 4.79 Å². The second-order valence-electron chi connectivity index (χ2n) is 4.75. The van der Waals surface area contributed by atoms with Crippen molar-refractivity contribution in [1.29, 1.82) is 0 Å². The summed E-state index contributed by atoms with van der Waals surface area (Å²) in [6.45, 7) is 5.81. The van der Waals surface area contributed by atoms with Crippen molar-refractivity contribution in [3.63, 3.8) is 0 Å². The van der Waals surface area contributed by atoms with Crippen LogP contribution in [0.4, 0.5) is 0 Å². The van der Waals surface area contributed by atoms with E-state index >= 15 is 0 Å². The second-order valence-corrected chi connectivity index (χ2v) is 5.80. The first-order chi connectivity index (χ1) is 9.06. The number of nitrogens with zero attached hydrogens (tertiary/aromatic N) is 2. The molecule has 2 aromatic rings. The molecule has 4 heteroatoms. The minimum absolute atomic E-state index is 0.104. The average molecular weight is 274 g/mol. The number of carbonyl (C=O) groups is 1. The summed E-state index contributed by atoms with van der Waals surface area (Å²) in [6, 6.07) is 10.2. The van der Waals surface area contributed by atoms with Gasteiger partial charge in [0.2, 0.25) is 0 Å². The summed E-state index contributed by atoms with van der Waals surface area (Å²) in [5, 5.41) is 4.51. The summed E-state index contributed by atoms with van der Waals surface area (Å²) >= 11 is 1.73. The molecule has 0 atom stereocenters. The van der Waals surface area contributed by atoms with Crippen LogP contribution in [0.3, 0.4) is 0 Å². The van der Waals surface area contributed by atoms with Crippen LogP contribution in [0, 0.1) is 0 Å². The fourth-order valence-electron chi connectivity index (χ4n) is 1.69. The predicted octanol–water partition coefficient (Wildman–Crippen LogP) is 3.96. The summed E-state index contributed by atoms with van der Waals surface area (Å²) in [7, 11) is 0. The van der Waals surface area contributed by atoms with E-state index in [0.29, 0.717) is 6.04 Å². The average Bonchev–Trinajstić information content (AvgIpc) is 2.86. The van der Waals surface area contributed by atoms with Crippen molar-refractivity contribution >= 4 is 17.5 Å². The first-order valence-corrected chi connectivity index (χ1v) is 7.32. The molecule has 0 saturated carbocycles. The summed E-state index contributed by atoms with van der Waals surface area (Å²) < 4.78 is 1.97. The molecule has 0 N–H and O–H groups in total. The lowest BCUT2D eigenvalue weighted by atomic mass is 10.2. The minimum atomic E-state index is 0.104. The van der Waals surface area contributed by atoms with Crippen LogP contribution in [0.2, 0.25) is 0 Å². The number of benzene rings is 1. The second kappa shape index (κ2) is 6.06. The molecular weight excluding hydrogens is 256 g/mol. The van der Waals surface area contributed by atoms with Crippen LogP contribution < -0.4 is 0 Å². The number of hydrogen-bond donors (Lipinski definition) is 0. The van der Waals surface area contributed by atoms with Crippen LogP contribution >= 0.6 is 11.8 Å². The highest BCUT2D eigenvalue weighted by molar-refractivity contribution is 7.98. The van der Waals surface area contributed by atoms with Gasteiger partial charge in [-0.2, -0.15) is 5.10 Å². The third kappa shape index (κ3) is 3.70. The molecule has 100 valence electrons. The molecule has 0 fully saturated rings. The SMILES string of the molecule is CC(=O)c1ccc(SCc2ccn(C(C)C)n2)cc1. The summed E-state index contributed by atoms with van der Waals surface area (Å²) in [6.07, 6.45) is 2.01. The molecule has 1 aromatic carbocycles. The number of rotatable bonds is 5. The molecule has 0 spiro atoms. The van der Waals surface area contributed by atoms with Crippen LogP contribution in [0.15, 0.2) is 41.4 Å². The Morgan fingerprint density at radius 1 is 1.26 bits per heavy atom. The molecule has 1 aromatic heterocycles. The van der Waals surface area contributed by atoms with Crippen molar-refractivity contribution in [1.82, 2.24) is 9.78 Å². The van der Waals surface area contributed by atoms with Gasteiger partial charge in [-0.25, -0.2) is 0 Å². The van der Waals surface area contributed by atoms with Crippen LogP contribution in [0.5, 0.6) is 0 Å². The topological polar surface area (TPSA) is 34.9 Å². The maximum absolute atomic E-state index is 11.2. The van der Waals surface area contributed by atoms with E-state index in [1.54, 1.807) is 18.7 Å². The van der Waals surface area contributed by atoms with Crippen molar-refractivity contribution in [3.8, 4) is 0 Å². The fourth-order valence-corrected chi connectivity index (χ4v) is 2.48. The zero-order chi connectivity index (χ0) is 13.8. The number of Topliss-reactive ketones (excluding diaryl/α,β-unsaturated/α-hetero) is 1. The molecule has 0 radical (unpaired) electrons. The highest BCUT2D eigenvalue weighted by Gasteiger charge is 2.04. The Kier molecular flexibility index (Phi) is 4.43. The number of aromatic nitrogens is 2. The molecule has 0 aliphatic carbocycles. The Balaban J connectivity index is 1.96. The molecule has 19 heavy (non-hydrogen) atoms. The largest absolute Gasteiger partial charge is 0.295 e. The Bertz CT molecular complexity index is 558. The normalized spacial score (nSPS) is 10.9. The Labute approximate surface area is 118 Å². The molecule has 1 heterocycles.